The standard InChI is InChI=1S/C16H18BrNO/c1-12-11-14(17)5-8-16(12)18-10-9-13-3-6-15(19-2)7-4-13/h3-8,11,18H,9-10H2,1-2H3. The Bertz CT molecular complexity index is 537. The molecule has 2 rings (SSSR count). The average molecular weight is 320 g/mol. The Balaban J connectivity index is 1.88. The lowest BCUT2D eigenvalue weighted by atomic mass is 10.1. The van der Waals surface area contributed by atoms with Crippen LogP contribution < -0.4 is 10.1 Å². The number of rotatable bonds is 5. The van der Waals surface area contributed by atoms with Crippen molar-refractivity contribution in [2.45, 2.75) is 13.3 Å². The molecule has 0 aliphatic rings. The maximum absolute atomic E-state index is 5.15. The second-order valence-corrected chi connectivity index (χ2v) is 5.40. The molecule has 0 amide bonds. The number of hydrogen-bond donors (Lipinski definition) is 1. The molecule has 2 aromatic carbocycles. The summed E-state index contributed by atoms with van der Waals surface area (Å²) < 4.78 is 6.27. The lowest BCUT2D eigenvalue weighted by molar-refractivity contribution is 0.414. The largest absolute Gasteiger partial charge is 0.497 e. The molecule has 19 heavy (non-hydrogen) atoms. The number of hydrogen-bond acceptors (Lipinski definition) is 2. The molecule has 2 aromatic rings. The fourth-order valence-electron chi connectivity index (χ4n) is 1.96. The maximum Gasteiger partial charge on any atom is 0.118 e. The minimum absolute atomic E-state index is 0.903. The quantitative estimate of drug-likeness (QED) is 0.880. The third-order valence-corrected chi connectivity index (χ3v) is 3.57. The van der Waals surface area contributed by atoms with Crippen LogP contribution in [0.3, 0.4) is 0 Å². The van der Waals surface area contributed by atoms with E-state index in [1.54, 1.807) is 7.11 Å². The van der Waals surface area contributed by atoms with E-state index >= 15 is 0 Å². The number of methoxy groups -OCH3 is 1. The van der Waals surface area contributed by atoms with Crippen LogP contribution in [0, 0.1) is 6.92 Å². The van der Waals surface area contributed by atoms with Crippen molar-refractivity contribution in [2.75, 3.05) is 19.0 Å². The first-order valence-electron chi connectivity index (χ1n) is 6.32. The van der Waals surface area contributed by atoms with Gasteiger partial charge in [0.1, 0.15) is 5.75 Å². The van der Waals surface area contributed by atoms with Crippen molar-refractivity contribution >= 4 is 21.6 Å². The normalized spacial score (nSPS) is 10.3. The maximum atomic E-state index is 5.15. The summed E-state index contributed by atoms with van der Waals surface area (Å²) >= 11 is 3.48. The predicted octanol–water partition coefficient (Wildman–Crippen LogP) is 4.42. The molecule has 100 valence electrons. The molecule has 2 nitrogen and oxygen atoms in total. The van der Waals surface area contributed by atoms with E-state index in [2.05, 4.69) is 58.5 Å². The van der Waals surface area contributed by atoms with Crippen molar-refractivity contribution < 1.29 is 4.74 Å². The number of benzene rings is 2. The summed E-state index contributed by atoms with van der Waals surface area (Å²) in [6.07, 6.45) is 1.000. The van der Waals surface area contributed by atoms with Gasteiger partial charge in [0.05, 0.1) is 7.11 Å². The Kier molecular flexibility index (Phi) is 4.86. The first-order chi connectivity index (χ1) is 9.19. The van der Waals surface area contributed by atoms with Gasteiger partial charge in [-0.25, -0.2) is 0 Å². The Labute approximate surface area is 122 Å². The van der Waals surface area contributed by atoms with E-state index in [1.165, 1.54) is 16.8 Å². The second kappa shape index (κ2) is 6.62. The van der Waals surface area contributed by atoms with Gasteiger partial charge in [0, 0.05) is 16.7 Å². The summed E-state index contributed by atoms with van der Waals surface area (Å²) in [7, 11) is 1.69. The van der Waals surface area contributed by atoms with Crippen LogP contribution in [0.5, 0.6) is 5.75 Å². The molecule has 0 aliphatic carbocycles. The SMILES string of the molecule is COc1ccc(CCNc2ccc(Br)cc2C)cc1. The van der Waals surface area contributed by atoms with E-state index < -0.39 is 0 Å². The van der Waals surface area contributed by atoms with Gasteiger partial charge in [0.25, 0.3) is 0 Å². The Morgan fingerprint density at radius 2 is 1.84 bits per heavy atom. The van der Waals surface area contributed by atoms with Crippen molar-refractivity contribution in [3.05, 3.63) is 58.1 Å². The molecule has 1 N–H and O–H groups in total. The van der Waals surface area contributed by atoms with Crippen LogP contribution in [0.2, 0.25) is 0 Å². The van der Waals surface area contributed by atoms with E-state index in [-0.39, 0.29) is 0 Å². The van der Waals surface area contributed by atoms with Crippen molar-refractivity contribution in [1.82, 2.24) is 0 Å². The average Bonchev–Trinajstić information content (AvgIpc) is 2.42. The molecule has 0 heterocycles. The molecule has 0 unspecified atom stereocenters. The van der Waals surface area contributed by atoms with E-state index in [4.69, 9.17) is 4.74 Å². The molecule has 0 aromatic heterocycles. The minimum atomic E-state index is 0.903. The van der Waals surface area contributed by atoms with Crippen molar-refractivity contribution in [3.63, 3.8) is 0 Å². The molecule has 0 saturated carbocycles. The van der Waals surface area contributed by atoms with E-state index in [0.29, 0.717) is 0 Å². The summed E-state index contributed by atoms with van der Waals surface area (Å²) in [5.41, 5.74) is 3.75. The van der Waals surface area contributed by atoms with Crippen LogP contribution in [0.15, 0.2) is 46.9 Å². The Morgan fingerprint density at radius 3 is 2.47 bits per heavy atom. The third-order valence-electron chi connectivity index (χ3n) is 3.08. The van der Waals surface area contributed by atoms with Gasteiger partial charge in [-0.15, -0.1) is 0 Å². The van der Waals surface area contributed by atoms with Gasteiger partial charge in [0.15, 0.2) is 0 Å². The highest BCUT2D eigenvalue weighted by Gasteiger charge is 1.99. The van der Waals surface area contributed by atoms with Gasteiger partial charge in [-0.2, -0.15) is 0 Å². The van der Waals surface area contributed by atoms with Crippen molar-refractivity contribution in [1.29, 1.82) is 0 Å². The molecule has 3 heteroatoms. The van der Waals surface area contributed by atoms with E-state index in [9.17, 15) is 0 Å². The van der Waals surface area contributed by atoms with E-state index in [1.807, 2.05) is 12.1 Å². The number of anilines is 1. The molecule has 0 saturated heterocycles. The van der Waals surface area contributed by atoms with Crippen molar-refractivity contribution in [2.24, 2.45) is 0 Å². The zero-order valence-electron chi connectivity index (χ0n) is 11.2. The fourth-order valence-corrected chi connectivity index (χ4v) is 2.43. The summed E-state index contributed by atoms with van der Waals surface area (Å²) in [5, 5.41) is 3.47. The topological polar surface area (TPSA) is 21.3 Å². The van der Waals surface area contributed by atoms with Gasteiger partial charge in [-0.05, 0) is 54.8 Å². The number of ether oxygens (including phenoxy) is 1. The van der Waals surface area contributed by atoms with Crippen molar-refractivity contribution in [3.8, 4) is 5.75 Å². The molecule has 0 aliphatic heterocycles. The highest BCUT2D eigenvalue weighted by atomic mass is 79.9. The lowest BCUT2D eigenvalue weighted by Crippen LogP contribution is -2.05. The molecule has 0 radical (unpaired) electrons. The van der Waals surface area contributed by atoms with Gasteiger partial charge < -0.3 is 10.1 Å². The van der Waals surface area contributed by atoms with Gasteiger partial charge in [0.2, 0.25) is 0 Å². The van der Waals surface area contributed by atoms with Gasteiger partial charge >= 0.3 is 0 Å². The monoisotopic (exact) mass is 319 g/mol. The number of nitrogens with one attached hydrogen (secondary N) is 1. The van der Waals surface area contributed by atoms with Gasteiger partial charge in [-0.3, -0.25) is 0 Å². The first-order valence-corrected chi connectivity index (χ1v) is 7.11. The van der Waals surface area contributed by atoms with Crippen LogP contribution in [0.4, 0.5) is 5.69 Å². The van der Waals surface area contributed by atoms with E-state index in [0.717, 1.165) is 23.2 Å². The Morgan fingerprint density at radius 1 is 1.11 bits per heavy atom. The molecular weight excluding hydrogens is 302 g/mol. The lowest BCUT2D eigenvalue weighted by Gasteiger charge is -2.10. The molecule has 0 fully saturated rings. The summed E-state index contributed by atoms with van der Waals surface area (Å²) in [4.78, 5) is 0. The minimum Gasteiger partial charge on any atom is -0.497 e. The smallest absolute Gasteiger partial charge is 0.118 e. The zero-order valence-corrected chi connectivity index (χ0v) is 12.8. The van der Waals surface area contributed by atoms with Crippen LogP contribution in [-0.4, -0.2) is 13.7 Å². The molecule has 0 bridgehead atoms. The zero-order chi connectivity index (χ0) is 13.7. The summed E-state index contributed by atoms with van der Waals surface area (Å²) in [6, 6.07) is 14.5. The fraction of sp³-hybridized carbons (Fsp3) is 0.250. The van der Waals surface area contributed by atoms with Crippen LogP contribution >= 0.6 is 15.9 Å². The van der Waals surface area contributed by atoms with Crippen LogP contribution in [0.1, 0.15) is 11.1 Å². The van der Waals surface area contributed by atoms with Crippen LogP contribution in [-0.2, 0) is 6.42 Å². The molecule has 0 atom stereocenters. The van der Waals surface area contributed by atoms with Gasteiger partial charge in [-0.1, -0.05) is 28.1 Å². The predicted molar refractivity (Wildman–Crippen MR) is 84.1 cm³/mol. The second-order valence-electron chi connectivity index (χ2n) is 4.48. The molecule has 0 spiro atoms. The first kappa shape index (κ1) is 13.9. The Hall–Kier alpha value is -1.48. The highest BCUT2D eigenvalue weighted by molar-refractivity contribution is 9.10. The number of halogens is 1. The highest BCUT2D eigenvalue weighted by Crippen LogP contribution is 2.20. The molecular formula is C16H18BrNO. The summed E-state index contributed by atoms with van der Waals surface area (Å²) in [5.74, 6) is 0.903. The summed E-state index contributed by atoms with van der Waals surface area (Å²) in [6.45, 7) is 3.04. The third kappa shape index (κ3) is 4.00. The van der Waals surface area contributed by atoms with Crippen LogP contribution in [0.25, 0.3) is 0 Å². The number of aryl methyl sites for hydroxylation is 1.